The Kier molecular flexibility index (Phi) is 5.14. The molecule has 152 valence electrons. The predicted octanol–water partition coefficient (Wildman–Crippen LogP) is 2.44. The molecule has 1 aliphatic carbocycles. The van der Waals surface area contributed by atoms with Crippen LogP contribution in [0.5, 0.6) is 0 Å². The van der Waals surface area contributed by atoms with Gasteiger partial charge in [-0.3, -0.25) is 4.57 Å². The molecule has 1 unspecified atom stereocenters. The largest absolute Gasteiger partial charge is 0.345 e. The van der Waals surface area contributed by atoms with Gasteiger partial charge in [-0.15, -0.1) is 0 Å². The van der Waals surface area contributed by atoms with Gasteiger partial charge in [0.2, 0.25) is 10.0 Å². The summed E-state index contributed by atoms with van der Waals surface area (Å²) in [7, 11) is -2.01. The quantitative estimate of drug-likeness (QED) is 0.738. The number of hydrogen-bond acceptors (Lipinski definition) is 4. The third-order valence-corrected chi connectivity index (χ3v) is 8.17. The molecule has 28 heavy (non-hydrogen) atoms. The van der Waals surface area contributed by atoms with E-state index in [4.69, 9.17) is 11.6 Å². The van der Waals surface area contributed by atoms with Gasteiger partial charge in [0.1, 0.15) is 5.82 Å². The molecule has 2 aromatic rings. The second kappa shape index (κ2) is 7.31. The molecule has 1 aromatic heterocycles. The van der Waals surface area contributed by atoms with Gasteiger partial charge in [0.15, 0.2) is 0 Å². The van der Waals surface area contributed by atoms with Crippen LogP contribution in [-0.4, -0.2) is 40.2 Å². The molecule has 9 heteroatoms. The van der Waals surface area contributed by atoms with Crippen molar-refractivity contribution in [2.45, 2.75) is 63.1 Å². The smallest absolute Gasteiger partial charge is 0.279 e. The molecule has 1 aromatic carbocycles. The van der Waals surface area contributed by atoms with Gasteiger partial charge in [0, 0.05) is 37.6 Å². The summed E-state index contributed by atoms with van der Waals surface area (Å²) >= 11 is 6.03. The van der Waals surface area contributed by atoms with E-state index in [0.29, 0.717) is 43.3 Å². The maximum Gasteiger partial charge on any atom is 0.345 e. The predicted molar refractivity (Wildman–Crippen MR) is 107 cm³/mol. The zero-order valence-electron chi connectivity index (χ0n) is 16.1. The minimum atomic E-state index is -3.63. The summed E-state index contributed by atoms with van der Waals surface area (Å²) in [5.41, 5.74) is 0.662. The van der Waals surface area contributed by atoms with Gasteiger partial charge in [0.25, 0.3) is 0 Å². The van der Waals surface area contributed by atoms with Crippen LogP contribution in [0.1, 0.15) is 37.1 Å². The minimum absolute atomic E-state index is 0.0682. The lowest BCUT2D eigenvalue weighted by molar-refractivity contribution is 0.328. The zero-order chi connectivity index (χ0) is 20.1. The first-order chi connectivity index (χ1) is 13.3. The molecule has 0 bridgehead atoms. The van der Waals surface area contributed by atoms with Crippen LogP contribution in [0.2, 0.25) is 5.02 Å². The second-order valence-corrected chi connectivity index (χ2v) is 10.3. The van der Waals surface area contributed by atoms with E-state index >= 15 is 0 Å². The van der Waals surface area contributed by atoms with E-state index in [0.717, 1.165) is 11.4 Å². The van der Waals surface area contributed by atoms with E-state index in [2.05, 4.69) is 5.10 Å². The lowest BCUT2D eigenvalue weighted by atomic mass is 10.1. The van der Waals surface area contributed by atoms with E-state index in [1.54, 1.807) is 41.4 Å². The lowest BCUT2D eigenvalue weighted by Crippen LogP contribution is -2.38. The van der Waals surface area contributed by atoms with E-state index in [9.17, 15) is 13.2 Å². The molecule has 0 spiro atoms. The standard InChI is InChI=1S/C19H25ClN4O3S/c1-13-11-16(6-7-17(13)20)28(26,27)22(2)15-5-8-18-21-24(12-14-3-4-14)19(25)23(18)10-9-15/h6-7,11,14-15H,3-5,8-10,12H2,1-2H3. The van der Waals surface area contributed by atoms with E-state index in [1.165, 1.54) is 17.1 Å². The lowest BCUT2D eigenvalue weighted by Gasteiger charge is -2.26. The highest BCUT2D eigenvalue weighted by Gasteiger charge is 2.31. The number of rotatable bonds is 5. The van der Waals surface area contributed by atoms with Gasteiger partial charge < -0.3 is 0 Å². The van der Waals surface area contributed by atoms with Crippen molar-refractivity contribution >= 4 is 21.6 Å². The molecule has 1 fully saturated rings. The number of halogens is 1. The Morgan fingerprint density at radius 1 is 1.25 bits per heavy atom. The Bertz CT molecular complexity index is 1060. The van der Waals surface area contributed by atoms with Crippen LogP contribution >= 0.6 is 11.6 Å². The first-order valence-corrected chi connectivity index (χ1v) is 11.5. The summed E-state index contributed by atoms with van der Waals surface area (Å²) in [6.07, 6.45) is 4.16. The number of nitrogens with zero attached hydrogens (tertiary/aromatic N) is 4. The summed E-state index contributed by atoms with van der Waals surface area (Å²) in [4.78, 5) is 12.9. The van der Waals surface area contributed by atoms with Crippen molar-refractivity contribution in [1.82, 2.24) is 18.7 Å². The maximum absolute atomic E-state index is 13.1. The summed E-state index contributed by atoms with van der Waals surface area (Å²) < 4.78 is 30.9. The molecule has 4 rings (SSSR count). The van der Waals surface area contributed by atoms with Gasteiger partial charge >= 0.3 is 5.69 Å². The van der Waals surface area contributed by atoms with Crippen LogP contribution in [0, 0.1) is 12.8 Å². The number of fused-ring (bicyclic) bond motifs is 1. The molecule has 0 saturated heterocycles. The maximum atomic E-state index is 13.1. The van der Waals surface area contributed by atoms with Gasteiger partial charge in [-0.25, -0.2) is 17.9 Å². The molecular formula is C19H25ClN4O3S. The first kappa shape index (κ1) is 19.7. The Morgan fingerprint density at radius 3 is 2.68 bits per heavy atom. The minimum Gasteiger partial charge on any atom is -0.279 e. The van der Waals surface area contributed by atoms with Crippen molar-refractivity contribution in [2.75, 3.05) is 7.05 Å². The number of aromatic nitrogens is 3. The van der Waals surface area contributed by atoms with E-state index in [-0.39, 0.29) is 16.6 Å². The Morgan fingerprint density at radius 2 is 2.00 bits per heavy atom. The molecule has 1 aliphatic heterocycles. The Balaban J connectivity index is 1.52. The third kappa shape index (κ3) is 3.65. The number of hydrogen-bond donors (Lipinski definition) is 0. The molecule has 2 heterocycles. The Hall–Kier alpha value is -1.64. The highest BCUT2D eigenvalue weighted by atomic mass is 35.5. The van der Waals surface area contributed by atoms with Gasteiger partial charge in [-0.1, -0.05) is 11.6 Å². The summed E-state index contributed by atoms with van der Waals surface area (Å²) in [5, 5.41) is 5.06. The normalized spacial score (nSPS) is 20.2. The average molecular weight is 425 g/mol. The number of sulfonamides is 1. The van der Waals surface area contributed by atoms with Gasteiger partial charge in [-0.2, -0.15) is 9.40 Å². The fourth-order valence-electron chi connectivity index (χ4n) is 3.78. The Labute approximate surface area is 170 Å². The monoisotopic (exact) mass is 424 g/mol. The van der Waals surface area contributed by atoms with Gasteiger partial charge in [-0.05, 0) is 62.3 Å². The molecule has 7 nitrogen and oxygen atoms in total. The van der Waals surface area contributed by atoms with Crippen molar-refractivity contribution in [1.29, 1.82) is 0 Å². The highest BCUT2D eigenvalue weighted by molar-refractivity contribution is 7.89. The molecule has 0 N–H and O–H groups in total. The second-order valence-electron chi connectivity index (χ2n) is 7.89. The van der Waals surface area contributed by atoms with Crippen LogP contribution in [0.25, 0.3) is 0 Å². The fraction of sp³-hybridized carbons (Fsp3) is 0.579. The molecular weight excluding hydrogens is 400 g/mol. The van der Waals surface area contributed by atoms with Crippen LogP contribution in [-0.2, 0) is 29.5 Å². The third-order valence-electron chi connectivity index (χ3n) is 5.84. The average Bonchev–Trinajstić information content (AvgIpc) is 3.45. The van der Waals surface area contributed by atoms with Crippen molar-refractivity contribution in [3.63, 3.8) is 0 Å². The zero-order valence-corrected chi connectivity index (χ0v) is 17.7. The van der Waals surface area contributed by atoms with Crippen LogP contribution in [0.3, 0.4) is 0 Å². The molecule has 0 radical (unpaired) electrons. The van der Waals surface area contributed by atoms with Crippen molar-refractivity contribution in [2.24, 2.45) is 5.92 Å². The van der Waals surface area contributed by atoms with Crippen LogP contribution < -0.4 is 5.69 Å². The first-order valence-electron chi connectivity index (χ1n) is 9.68. The topological polar surface area (TPSA) is 77.2 Å². The SMILES string of the molecule is Cc1cc(S(=O)(=O)N(C)C2CCc3nn(CC4CC4)c(=O)n3CC2)ccc1Cl. The summed E-state index contributed by atoms with van der Waals surface area (Å²) in [5.74, 6) is 1.35. The highest BCUT2D eigenvalue weighted by Crippen LogP contribution is 2.30. The molecule has 0 amide bonds. The van der Waals surface area contributed by atoms with Gasteiger partial charge in [0.05, 0.1) is 4.90 Å². The number of aryl methyl sites for hydroxylation is 2. The molecule has 2 aliphatic rings. The summed E-state index contributed by atoms with van der Waals surface area (Å²) in [6, 6.07) is 4.58. The van der Waals surface area contributed by atoms with Crippen molar-refractivity contribution in [3.05, 3.63) is 45.1 Å². The summed E-state index contributed by atoms with van der Waals surface area (Å²) in [6.45, 7) is 2.98. The van der Waals surface area contributed by atoms with E-state index in [1.807, 2.05) is 0 Å². The number of benzene rings is 1. The van der Waals surface area contributed by atoms with Crippen molar-refractivity contribution < 1.29 is 8.42 Å². The fourth-order valence-corrected chi connectivity index (χ4v) is 5.40. The van der Waals surface area contributed by atoms with Crippen molar-refractivity contribution in [3.8, 4) is 0 Å². The molecule has 1 saturated carbocycles. The van der Waals surface area contributed by atoms with Crippen LogP contribution in [0.15, 0.2) is 27.9 Å². The van der Waals surface area contributed by atoms with E-state index < -0.39 is 10.0 Å². The molecule has 1 atom stereocenters. The van der Waals surface area contributed by atoms with Crippen LogP contribution in [0.4, 0.5) is 0 Å².